The van der Waals surface area contributed by atoms with Crippen LogP contribution in [0, 0.1) is 0 Å². The monoisotopic (exact) mass is 221 g/mol. The molecule has 0 saturated heterocycles. The maximum absolute atomic E-state index is 5.52. The average molecular weight is 221 g/mol. The molecule has 0 amide bonds. The van der Waals surface area contributed by atoms with E-state index in [1.165, 1.54) is 0 Å². The van der Waals surface area contributed by atoms with E-state index >= 15 is 0 Å². The molecule has 1 heterocycles. The van der Waals surface area contributed by atoms with E-state index in [9.17, 15) is 0 Å². The molecule has 3 nitrogen and oxygen atoms in total. The molecule has 0 unspecified atom stereocenters. The van der Waals surface area contributed by atoms with Crippen molar-refractivity contribution in [2.24, 2.45) is 5.73 Å². The van der Waals surface area contributed by atoms with Crippen molar-refractivity contribution in [1.29, 1.82) is 0 Å². The summed E-state index contributed by atoms with van der Waals surface area (Å²) >= 11 is 0. The Kier molecular flexibility index (Phi) is 8.17. The first-order valence-corrected chi connectivity index (χ1v) is 5.90. The maximum atomic E-state index is 5.52. The van der Waals surface area contributed by atoms with Crippen molar-refractivity contribution in [3.63, 3.8) is 0 Å². The lowest BCUT2D eigenvalue weighted by atomic mass is 10.4. The smallest absolute Gasteiger partial charge is 0.121 e. The third kappa shape index (κ3) is 4.45. The second kappa shape index (κ2) is 8.92. The summed E-state index contributed by atoms with van der Waals surface area (Å²) in [6, 6.07) is 0. The molecule has 0 atom stereocenters. The number of nitrogens with one attached hydrogen (secondary N) is 1. The minimum absolute atomic E-state index is 0.453. The van der Waals surface area contributed by atoms with Crippen molar-refractivity contribution >= 4 is 12.2 Å². The van der Waals surface area contributed by atoms with Gasteiger partial charge in [-0.15, -0.1) is 0 Å². The number of H-pyrrole nitrogens is 1. The molecule has 0 fully saturated rings. The van der Waals surface area contributed by atoms with Crippen LogP contribution in [0.3, 0.4) is 0 Å². The van der Waals surface area contributed by atoms with Crippen molar-refractivity contribution in [1.82, 2.24) is 9.97 Å². The highest BCUT2D eigenvalue weighted by molar-refractivity contribution is 5.35. The number of hydrogen-bond acceptors (Lipinski definition) is 2. The Morgan fingerprint density at radius 1 is 1.38 bits per heavy atom. The van der Waals surface area contributed by atoms with Crippen LogP contribution in [0.1, 0.15) is 39.9 Å². The van der Waals surface area contributed by atoms with Crippen LogP contribution < -0.4 is 16.4 Å². The molecule has 0 aliphatic rings. The fraction of sp³-hybridized carbons (Fsp3) is 0.462. The maximum Gasteiger partial charge on any atom is 0.121 e. The minimum Gasteiger partial charge on any atom is -0.341 e. The number of hydrogen-bond donors (Lipinski definition) is 2. The van der Waals surface area contributed by atoms with Crippen LogP contribution in [0.4, 0.5) is 0 Å². The number of aromatic amines is 1. The fourth-order valence-corrected chi connectivity index (χ4v) is 1.22. The molecule has 1 aromatic heterocycles. The summed E-state index contributed by atoms with van der Waals surface area (Å²) in [7, 11) is 0. The summed E-state index contributed by atoms with van der Waals surface area (Å²) in [5.41, 5.74) is 5.52. The van der Waals surface area contributed by atoms with E-state index in [-0.39, 0.29) is 0 Å². The van der Waals surface area contributed by atoms with Gasteiger partial charge in [0, 0.05) is 0 Å². The standard InChI is InChI=1S/C11H17N3.C2H6/c1-3-5-7-10-9(6-4-2)13-11(8-12)14-10;1-2/h3,5-7H,4,8,12H2,1-2H3,(H,13,14);1-2H3/b5-3-,9-6+,10-7+;. The van der Waals surface area contributed by atoms with Crippen molar-refractivity contribution in [2.75, 3.05) is 0 Å². The highest BCUT2D eigenvalue weighted by Crippen LogP contribution is 1.79. The van der Waals surface area contributed by atoms with Crippen LogP contribution in [-0.2, 0) is 6.54 Å². The van der Waals surface area contributed by atoms with Gasteiger partial charge in [0.05, 0.1) is 17.2 Å². The number of imidazole rings is 1. The van der Waals surface area contributed by atoms with Crippen molar-refractivity contribution in [2.45, 2.75) is 40.7 Å². The average Bonchev–Trinajstić information content (AvgIpc) is 2.72. The van der Waals surface area contributed by atoms with Gasteiger partial charge < -0.3 is 10.7 Å². The predicted octanol–water partition coefficient (Wildman–Crippen LogP) is 1.44. The quantitative estimate of drug-likeness (QED) is 0.811. The van der Waals surface area contributed by atoms with Gasteiger partial charge in [-0.3, -0.25) is 0 Å². The van der Waals surface area contributed by atoms with Gasteiger partial charge in [0.15, 0.2) is 0 Å². The second-order valence-corrected chi connectivity index (χ2v) is 2.99. The molecule has 3 N–H and O–H groups in total. The summed E-state index contributed by atoms with van der Waals surface area (Å²) in [5.74, 6) is 0.834. The number of nitrogens with two attached hydrogens (primary N) is 1. The van der Waals surface area contributed by atoms with Crippen LogP contribution in [0.15, 0.2) is 12.2 Å². The molecule has 0 aliphatic heterocycles. The minimum atomic E-state index is 0.453. The summed E-state index contributed by atoms with van der Waals surface area (Å²) in [6.07, 6.45) is 9.05. The van der Waals surface area contributed by atoms with E-state index in [1.807, 2.05) is 39.0 Å². The van der Waals surface area contributed by atoms with E-state index in [4.69, 9.17) is 5.73 Å². The molecule has 16 heavy (non-hydrogen) atoms. The lowest BCUT2D eigenvalue weighted by Crippen LogP contribution is -2.23. The Morgan fingerprint density at radius 3 is 2.56 bits per heavy atom. The van der Waals surface area contributed by atoms with Gasteiger partial charge in [-0.1, -0.05) is 39.0 Å². The van der Waals surface area contributed by atoms with E-state index in [0.29, 0.717) is 6.54 Å². The second-order valence-electron chi connectivity index (χ2n) is 2.99. The number of rotatable bonds is 3. The van der Waals surface area contributed by atoms with Gasteiger partial charge in [-0.05, 0) is 19.4 Å². The molecule has 90 valence electrons. The summed E-state index contributed by atoms with van der Waals surface area (Å²) in [5, 5.41) is 2.02. The molecular weight excluding hydrogens is 198 g/mol. The normalized spacial score (nSPS) is 13.1. The Morgan fingerprint density at radius 2 is 2.06 bits per heavy atom. The Bertz CT molecular complexity index is 413. The van der Waals surface area contributed by atoms with Crippen LogP contribution in [-0.4, -0.2) is 9.97 Å². The first-order chi connectivity index (χ1) is 7.81. The molecule has 0 aromatic carbocycles. The van der Waals surface area contributed by atoms with Crippen LogP contribution in [0.2, 0.25) is 0 Å². The van der Waals surface area contributed by atoms with Crippen molar-refractivity contribution < 1.29 is 0 Å². The van der Waals surface area contributed by atoms with Crippen LogP contribution in [0.25, 0.3) is 12.2 Å². The molecular formula is C13H23N3. The van der Waals surface area contributed by atoms with Crippen molar-refractivity contribution in [3.8, 4) is 0 Å². The van der Waals surface area contributed by atoms with E-state index in [1.54, 1.807) is 0 Å². The zero-order valence-corrected chi connectivity index (χ0v) is 10.7. The number of allylic oxidation sites excluding steroid dienone is 2. The van der Waals surface area contributed by atoms with Gasteiger partial charge in [0.25, 0.3) is 0 Å². The van der Waals surface area contributed by atoms with Crippen LogP contribution >= 0.6 is 0 Å². The first-order valence-electron chi connectivity index (χ1n) is 5.90. The van der Waals surface area contributed by atoms with Gasteiger partial charge in [-0.25, -0.2) is 4.98 Å². The van der Waals surface area contributed by atoms with Crippen LogP contribution in [0.5, 0.6) is 0 Å². The molecule has 0 spiro atoms. The molecule has 0 aliphatic carbocycles. The fourth-order valence-electron chi connectivity index (χ4n) is 1.22. The van der Waals surface area contributed by atoms with Gasteiger partial charge in [0.1, 0.15) is 5.82 Å². The predicted molar refractivity (Wildman–Crippen MR) is 71.1 cm³/mol. The lowest BCUT2D eigenvalue weighted by Gasteiger charge is -1.81. The number of nitrogens with zero attached hydrogens (tertiary/aromatic N) is 1. The molecule has 1 rings (SSSR count). The SMILES string of the molecule is CC.C\C=C/C=c1/[nH]c(CN)n/c1=C/CC. The van der Waals surface area contributed by atoms with Crippen molar-refractivity contribution in [3.05, 3.63) is 28.7 Å². The Labute approximate surface area is 97.8 Å². The molecule has 1 aromatic rings. The summed E-state index contributed by atoms with van der Waals surface area (Å²) in [4.78, 5) is 7.55. The zero-order chi connectivity index (χ0) is 12.4. The molecule has 3 heteroatoms. The number of aromatic nitrogens is 2. The van der Waals surface area contributed by atoms with Gasteiger partial charge in [0.2, 0.25) is 0 Å². The first kappa shape index (κ1) is 14.6. The lowest BCUT2D eigenvalue weighted by molar-refractivity contribution is 0.942. The largest absolute Gasteiger partial charge is 0.341 e. The van der Waals surface area contributed by atoms with E-state index in [2.05, 4.69) is 23.0 Å². The van der Waals surface area contributed by atoms with E-state index in [0.717, 1.165) is 22.9 Å². The topological polar surface area (TPSA) is 54.7 Å². The van der Waals surface area contributed by atoms with Gasteiger partial charge >= 0.3 is 0 Å². The Hall–Kier alpha value is -1.35. The zero-order valence-electron chi connectivity index (χ0n) is 10.7. The molecule has 0 radical (unpaired) electrons. The summed E-state index contributed by atoms with van der Waals surface area (Å²) < 4.78 is 0. The molecule has 0 bridgehead atoms. The Balaban J connectivity index is 0.00000106. The van der Waals surface area contributed by atoms with E-state index < -0.39 is 0 Å². The molecule has 0 saturated carbocycles. The highest BCUT2D eigenvalue weighted by Gasteiger charge is 1.93. The third-order valence-electron chi connectivity index (χ3n) is 1.86. The third-order valence-corrected chi connectivity index (χ3v) is 1.86. The van der Waals surface area contributed by atoms with Gasteiger partial charge in [-0.2, -0.15) is 0 Å². The summed E-state index contributed by atoms with van der Waals surface area (Å²) in [6.45, 7) is 8.53. The highest BCUT2D eigenvalue weighted by atomic mass is 14.9.